The first-order chi connectivity index (χ1) is 15.1. The molecule has 2 aromatic rings. The molecule has 0 bridgehead atoms. The molecule has 2 rings (SSSR count). The largest absolute Gasteiger partial charge is 0.478 e. The maximum atomic E-state index is 11.7. The number of nitrogens with zero attached hydrogens (tertiary/aromatic N) is 1. The molecule has 0 amide bonds. The molecule has 0 aliphatic carbocycles. The summed E-state index contributed by atoms with van der Waals surface area (Å²) >= 11 is 0. The summed E-state index contributed by atoms with van der Waals surface area (Å²) in [7, 11) is 0. The molecule has 5 nitrogen and oxygen atoms in total. The van der Waals surface area contributed by atoms with Crippen LogP contribution in [0.3, 0.4) is 0 Å². The lowest BCUT2D eigenvalue weighted by Gasteiger charge is -2.03. The second kappa shape index (κ2) is 17.9. The van der Waals surface area contributed by atoms with Gasteiger partial charge in [-0.05, 0) is 49.7 Å². The Labute approximate surface area is 186 Å². The number of carboxylic acid groups (broad SMARTS) is 1. The van der Waals surface area contributed by atoms with Gasteiger partial charge in [0.05, 0.1) is 17.7 Å². The molecule has 5 heteroatoms. The molecule has 0 saturated carbocycles. The van der Waals surface area contributed by atoms with Crippen molar-refractivity contribution in [2.75, 3.05) is 13.2 Å². The molecular weight excluding hydrogens is 390 g/mol. The number of unbranched alkanes of at least 4 members (excludes halogenated alkanes) is 6. The molecule has 0 atom stereocenters. The second-order valence-corrected chi connectivity index (χ2v) is 7.17. The van der Waals surface area contributed by atoms with Crippen molar-refractivity contribution >= 4 is 18.2 Å². The van der Waals surface area contributed by atoms with E-state index in [1.807, 2.05) is 24.4 Å². The third kappa shape index (κ3) is 13.8. The van der Waals surface area contributed by atoms with E-state index in [2.05, 4.69) is 11.9 Å². The van der Waals surface area contributed by atoms with Gasteiger partial charge < -0.3 is 9.84 Å². The highest BCUT2D eigenvalue weighted by Gasteiger charge is 2.04. The molecule has 0 fully saturated rings. The van der Waals surface area contributed by atoms with Crippen LogP contribution in [0.4, 0.5) is 0 Å². The summed E-state index contributed by atoms with van der Waals surface area (Å²) in [6.07, 6.45) is 11.5. The maximum absolute atomic E-state index is 11.7. The quantitative estimate of drug-likeness (QED) is 0.228. The third-order valence-electron chi connectivity index (χ3n) is 4.51. The lowest BCUT2D eigenvalue weighted by atomic mass is 10.1. The molecule has 0 aromatic heterocycles. The van der Waals surface area contributed by atoms with Gasteiger partial charge in [-0.3, -0.25) is 4.99 Å². The number of carbonyl (C=O) groups is 2. The van der Waals surface area contributed by atoms with E-state index in [9.17, 15) is 9.59 Å². The van der Waals surface area contributed by atoms with Crippen molar-refractivity contribution < 1.29 is 19.4 Å². The minimum Gasteiger partial charge on any atom is -0.478 e. The molecule has 1 N–H and O–H groups in total. The highest BCUT2D eigenvalue weighted by atomic mass is 16.5. The number of hydrogen-bond acceptors (Lipinski definition) is 4. The van der Waals surface area contributed by atoms with Gasteiger partial charge in [-0.15, -0.1) is 0 Å². The van der Waals surface area contributed by atoms with E-state index in [1.54, 1.807) is 42.5 Å². The maximum Gasteiger partial charge on any atom is 0.338 e. The lowest BCUT2D eigenvalue weighted by molar-refractivity contribution is 0.0502. The molecular formula is C26H35NO4. The summed E-state index contributed by atoms with van der Waals surface area (Å²) in [6, 6.07) is 17.4. The van der Waals surface area contributed by atoms with Gasteiger partial charge in [0.1, 0.15) is 0 Å². The van der Waals surface area contributed by atoms with E-state index in [0.29, 0.717) is 17.7 Å². The number of carboxylic acids is 1. The summed E-state index contributed by atoms with van der Waals surface area (Å²) in [5, 5.41) is 8.38. The van der Waals surface area contributed by atoms with Gasteiger partial charge in [0.15, 0.2) is 0 Å². The average Bonchev–Trinajstić information content (AvgIpc) is 2.81. The van der Waals surface area contributed by atoms with Crippen LogP contribution in [-0.2, 0) is 4.74 Å². The predicted octanol–water partition coefficient (Wildman–Crippen LogP) is 6.44. The fourth-order valence-corrected chi connectivity index (χ4v) is 2.74. The van der Waals surface area contributed by atoms with Crippen LogP contribution < -0.4 is 0 Å². The van der Waals surface area contributed by atoms with Crippen molar-refractivity contribution in [3.05, 3.63) is 71.8 Å². The number of hydrogen-bond donors (Lipinski definition) is 1. The Kier molecular flexibility index (Phi) is 15.0. The molecule has 0 aliphatic rings. The van der Waals surface area contributed by atoms with Crippen molar-refractivity contribution in [3.63, 3.8) is 0 Å². The van der Waals surface area contributed by atoms with Crippen molar-refractivity contribution in [1.82, 2.24) is 0 Å². The van der Waals surface area contributed by atoms with Crippen molar-refractivity contribution in [3.8, 4) is 0 Å². The van der Waals surface area contributed by atoms with Crippen LogP contribution in [0, 0.1) is 0 Å². The van der Waals surface area contributed by atoms with Gasteiger partial charge in [-0.1, -0.05) is 75.4 Å². The van der Waals surface area contributed by atoms with Crippen LogP contribution >= 0.6 is 0 Å². The molecule has 0 spiro atoms. The van der Waals surface area contributed by atoms with Crippen LogP contribution in [0.1, 0.15) is 79.0 Å². The van der Waals surface area contributed by atoms with E-state index in [1.165, 1.54) is 38.5 Å². The molecule has 0 aliphatic heterocycles. The first kappa shape index (κ1) is 26.1. The standard InChI is InChI=1S/C19H29NO2.C7H6O2/c1-2-3-4-5-6-10-15-20-16-11-12-17-22-19(21)18-13-8-7-9-14-18;8-7(9)6-4-2-1-3-5-6/h7-9,13-14,16H,2-6,10-12,15,17H2,1H3;1-5H,(H,8,9). The van der Waals surface area contributed by atoms with Crippen LogP contribution in [0.25, 0.3) is 0 Å². The number of ether oxygens (including phenoxy) is 1. The van der Waals surface area contributed by atoms with Crippen molar-refractivity contribution in [1.29, 1.82) is 0 Å². The highest BCUT2D eigenvalue weighted by Crippen LogP contribution is 2.05. The van der Waals surface area contributed by atoms with E-state index in [0.717, 1.165) is 19.4 Å². The van der Waals surface area contributed by atoms with Gasteiger partial charge in [0, 0.05) is 6.54 Å². The zero-order valence-electron chi connectivity index (χ0n) is 18.5. The van der Waals surface area contributed by atoms with E-state index in [4.69, 9.17) is 9.84 Å². The van der Waals surface area contributed by atoms with Crippen molar-refractivity contribution in [2.24, 2.45) is 4.99 Å². The van der Waals surface area contributed by atoms with Gasteiger partial charge in [-0.2, -0.15) is 0 Å². The number of aromatic carboxylic acids is 1. The highest BCUT2D eigenvalue weighted by molar-refractivity contribution is 5.89. The number of esters is 1. The smallest absolute Gasteiger partial charge is 0.338 e. The Hall–Kier alpha value is -2.95. The van der Waals surface area contributed by atoms with E-state index < -0.39 is 5.97 Å². The topological polar surface area (TPSA) is 76.0 Å². The molecule has 0 saturated heterocycles. The second-order valence-electron chi connectivity index (χ2n) is 7.17. The van der Waals surface area contributed by atoms with Crippen LogP contribution in [0.15, 0.2) is 65.7 Å². The summed E-state index contributed by atoms with van der Waals surface area (Å²) in [4.78, 5) is 26.3. The van der Waals surface area contributed by atoms with Gasteiger partial charge >= 0.3 is 11.9 Å². The van der Waals surface area contributed by atoms with Crippen LogP contribution in [0.5, 0.6) is 0 Å². The van der Waals surface area contributed by atoms with Gasteiger partial charge in [-0.25, -0.2) is 9.59 Å². The van der Waals surface area contributed by atoms with Gasteiger partial charge in [0.25, 0.3) is 0 Å². The number of benzene rings is 2. The Morgan fingerprint density at radius 1 is 0.839 bits per heavy atom. The molecule has 168 valence electrons. The van der Waals surface area contributed by atoms with Crippen LogP contribution in [-0.4, -0.2) is 36.4 Å². The molecule has 0 radical (unpaired) electrons. The zero-order valence-corrected chi connectivity index (χ0v) is 18.5. The minimum atomic E-state index is -0.879. The zero-order chi connectivity index (χ0) is 22.6. The van der Waals surface area contributed by atoms with Crippen LogP contribution in [0.2, 0.25) is 0 Å². The summed E-state index contributed by atoms with van der Waals surface area (Å²) in [5.41, 5.74) is 0.941. The average molecular weight is 426 g/mol. The monoisotopic (exact) mass is 425 g/mol. The molecule has 0 heterocycles. The number of carbonyl (C=O) groups excluding carboxylic acids is 1. The molecule has 31 heavy (non-hydrogen) atoms. The van der Waals surface area contributed by atoms with Crippen molar-refractivity contribution in [2.45, 2.75) is 58.3 Å². The fraction of sp³-hybridized carbons (Fsp3) is 0.423. The van der Waals surface area contributed by atoms with Gasteiger partial charge in [0.2, 0.25) is 0 Å². The summed E-state index contributed by atoms with van der Waals surface area (Å²) < 4.78 is 5.21. The minimum absolute atomic E-state index is 0.246. The Morgan fingerprint density at radius 2 is 1.42 bits per heavy atom. The molecule has 2 aromatic carbocycles. The number of aliphatic imine (C=N–C) groups is 1. The fourth-order valence-electron chi connectivity index (χ4n) is 2.74. The van der Waals surface area contributed by atoms with E-state index in [-0.39, 0.29) is 5.97 Å². The predicted molar refractivity (Wildman–Crippen MR) is 126 cm³/mol. The molecule has 0 unspecified atom stereocenters. The normalized spacial score (nSPS) is 10.4. The van der Waals surface area contributed by atoms with E-state index >= 15 is 0 Å². The number of rotatable bonds is 13. The lowest BCUT2D eigenvalue weighted by Crippen LogP contribution is -2.06. The first-order valence-corrected chi connectivity index (χ1v) is 11.1. The SMILES string of the molecule is CCCCCCCCN=CCCCOC(=O)c1ccccc1.O=C(O)c1ccccc1. The Bertz CT molecular complexity index is 745. The summed E-state index contributed by atoms with van der Waals surface area (Å²) in [6.45, 7) is 3.62. The Balaban J connectivity index is 0.000000442. The summed E-state index contributed by atoms with van der Waals surface area (Å²) in [5.74, 6) is -1.12. The third-order valence-corrected chi connectivity index (χ3v) is 4.51. The Morgan fingerprint density at radius 3 is 2.00 bits per heavy atom. The first-order valence-electron chi connectivity index (χ1n) is 11.1.